The molecule has 0 bridgehead atoms. The molecular weight excluding hydrogens is 240 g/mol. The lowest BCUT2D eigenvalue weighted by atomic mass is 9.69. The molecule has 4 nitrogen and oxygen atoms in total. The van der Waals surface area contributed by atoms with Gasteiger partial charge in [0.15, 0.2) is 6.29 Å². The van der Waals surface area contributed by atoms with Gasteiger partial charge in [-0.05, 0) is 54.6 Å². The number of carbonyl (C=O) groups excluding carboxylic acids is 1. The topological polar surface area (TPSA) is 65.2 Å². The molecule has 0 amide bonds. The molecule has 0 spiro atoms. The summed E-state index contributed by atoms with van der Waals surface area (Å²) in [5.74, 6) is 0.308. The molecule has 1 heterocycles. The second-order valence-electron chi connectivity index (χ2n) is 5.01. The first-order valence-corrected chi connectivity index (χ1v) is 6.57. The minimum absolute atomic E-state index is 0.308. The van der Waals surface area contributed by atoms with Gasteiger partial charge in [-0.1, -0.05) is 6.92 Å². The van der Waals surface area contributed by atoms with Crippen LogP contribution in [0.25, 0.3) is 0 Å². The second-order valence-corrected chi connectivity index (χ2v) is 5.01. The smallest absolute Gasteiger partial charge is 0.168 e. The van der Waals surface area contributed by atoms with Crippen molar-refractivity contribution in [3.8, 4) is 0 Å². The van der Waals surface area contributed by atoms with Crippen molar-refractivity contribution in [1.82, 2.24) is 4.98 Å². The molecule has 0 radical (unpaired) electrons. The predicted molar refractivity (Wildman–Crippen MR) is 73.6 cm³/mol. The van der Waals surface area contributed by atoms with Crippen LogP contribution in [0.3, 0.4) is 0 Å². The molecule has 2 atom stereocenters. The zero-order chi connectivity index (χ0) is 13.9. The Morgan fingerprint density at radius 1 is 1.58 bits per heavy atom. The Morgan fingerprint density at radius 2 is 2.37 bits per heavy atom. The van der Waals surface area contributed by atoms with Gasteiger partial charge in [0.1, 0.15) is 11.3 Å². The largest absolute Gasteiger partial charge is 0.405 e. The maximum absolute atomic E-state index is 10.9. The monoisotopic (exact) mass is 260 g/mol. The number of aromatic nitrogens is 1. The van der Waals surface area contributed by atoms with Crippen molar-refractivity contribution in [2.45, 2.75) is 31.8 Å². The Labute approximate surface area is 113 Å². The number of aldehydes is 1. The molecule has 1 aliphatic rings. The Balaban J connectivity index is 2.58. The molecule has 1 aliphatic carbocycles. The van der Waals surface area contributed by atoms with Gasteiger partial charge in [0, 0.05) is 13.3 Å². The van der Waals surface area contributed by atoms with E-state index in [0.29, 0.717) is 11.6 Å². The van der Waals surface area contributed by atoms with E-state index < -0.39 is 5.60 Å². The van der Waals surface area contributed by atoms with E-state index in [1.807, 2.05) is 6.07 Å². The summed E-state index contributed by atoms with van der Waals surface area (Å²) in [6.07, 6.45) is 7.17. The molecule has 102 valence electrons. The third-order valence-corrected chi connectivity index (χ3v) is 4.11. The highest BCUT2D eigenvalue weighted by Gasteiger charge is 2.43. The van der Waals surface area contributed by atoms with Crippen molar-refractivity contribution in [3.05, 3.63) is 41.4 Å². The van der Waals surface area contributed by atoms with E-state index in [9.17, 15) is 4.79 Å². The molecule has 0 aliphatic heterocycles. The highest BCUT2D eigenvalue weighted by molar-refractivity contribution is 5.72. The molecule has 4 heteroatoms. The first kappa shape index (κ1) is 13.7. The van der Waals surface area contributed by atoms with Crippen molar-refractivity contribution in [1.29, 1.82) is 0 Å². The fourth-order valence-corrected chi connectivity index (χ4v) is 3.18. The fraction of sp³-hybridized carbons (Fsp3) is 0.467. The van der Waals surface area contributed by atoms with Crippen molar-refractivity contribution >= 4 is 6.29 Å². The van der Waals surface area contributed by atoms with Crippen molar-refractivity contribution < 1.29 is 9.53 Å². The summed E-state index contributed by atoms with van der Waals surface area (Å²) in [6.45, 7) is 2.16. The Bertz CT molecular complexity index is 499. The zero-order valence-electron chi connectivity index (χ0n) is 11.4. The van der Waals surface area contributed by atoms with Crippen LogP contribution in [0.1, 0.15) is 42.2 Å². The first-order valence-electron chi connectivity index (χ1n) is 6.57. The molecule has 2 N–H and O–H groups in total. The van der Waals surface area contributed by atoms with E-state index in [2.05, 4.69) is 11.9 Å². The van der Waals surface area contributed by atoms with Crippen LogP contribution in [-0.2, 0) is 10.3 Å². The summed E-state index contributed by atoms with van der Waals surface area (Å²) in [7, 11) is 1.70. The number of ether oxygens (including phenoxy) is 1. The van der Waals surface area contributed by atoms with E-state index in [-0.39, 0.29) is 0 Å². The van der Waals surface area contributed by atoms with Gasteiger partial charge in [0.2, 0.25) is 0 Å². The van der Waals surface area contributed by atoms with E-state index in [1.165, 1.54) is 0 Å². The quantitative estimate of drug-likeness (QED) is 0.847. The molecule has 1 aromatic rings. The van der Waals surface area contributed by atoms with Crippen LogP contribution in [-0.4, -0.2) is 18.4 Å². The summed E-state index contributed by atoms with van der Waals surface area (Å²) in [6, 6.07) is 3.70. The highest BCUT2D eigenvalue weighted by atomic mass is 16.5. The minimum Gasteiger partial charge on any atom is -0.405 e. The number of pyridine rings is 1. The van der Waals surface area contributed by atoms with Crippen LogP contribution in [0.5, 0.6) is 0 Å². The van der Waals surface area contributed by atoms with Gasteiger partial charge in [0.05, 0.1) is 0 Å². The molecule has 2 unspecified atom stereocenters. The Hall–Kier alpha value is -1.68. The van der Waals surface area contributed by atoms with Crippen molar-refractivity contribution in [2.75, 3.05) is 7.11 Å². The molecule has 2 rings (SSSR count). The van der Waals surface area contributed by atoms with E-state index in [4.69, 9.17) is 10.5 Å². The number of hydrogen-bond donors (Lipinski definition) is 1. The molecule has 19 heavy (non-hydrogen) atoms. The number of nitrogens with zero attached hydrogens (tertiary/aromatic N) is 1. The predicted octanol–water partition coefficient (Wildman–Crippen LogP) is 2.40. The van der Waals surface area contributed by atoms with Gasteiger partial charge < -0.3 is 10.5 Å². The minimum atomic E-state index is -0.534. The molecule has 0 saturated heterocycles. The lowest BCUT2D eigenvalue weighted by molar-refractivity contribution is -0.0432. The average Bonchev–Trinajstić information content (AvgIpc) is 2.47. The van der Waals surface area contributed by atoms with Gasteiger partial charge in [-0.25, -0.2) is 0 Å². The maximum Gasteiger partial charge on any atom is 0.168 e. The number of methoxy groups -OCH3 is 1. The third-order valence-electron chi connectivity index (χ3n) is 4.11. The molecule has 1 fully saturated rings. The normalized spacial score (nSPS) is 29.4. The summed E-state index contributed by atoms with van der Waals surface area (Å²) in [4.78, 5) is 14.9. The van der Waals surface area contributed by atoms with Gasteiger partial charge in [-0.2, -0.15) is 0 Å². The molecule has 1 saturated carbocycles. The second kappa shape index (κ2) is 5.53. The zero-order valence-corrected chi connectivity index (χ0v) is 11.4. The van der Waals surface area contributed by atoms with Gasteiger partial charge >= 0.3 is 0 Å². The van der Waals surface area contributed by atoms with Crippen LogP contribution in [0.4, 0.5) is 0 Å². The maximum atomic E-state index is 10.9. The average molecular weight is 260 g/mol. The SMILES string of the molecule is COC1(c2ccnc(C=O)c2)/C(=C\N)CCCC1C. The summed E-state index contributed by atoms with van der Waals surface area (Å²) >= 11 is 0. The summed E-state index contributed by atoms with van der Waals surface area (Å²) < 4.78 is 5.89. The van der Waals surface area contributed by atoms with Crippen LogP contribution in [0.2, 0.25) is 0 Å². The number of rotatable bonds is 3. The lowest BCUT2D eigenvalue weighted by Gasteiger charge is -2.44. The van der Waals surface area contributed by atoms with Crippen molar-refractivity contribution in [2.24, 2.45) is 11.7 Å². The van der Waals surface area contributed by atoms with Gasteiger partial charge in [-0.15, -0.1) is 0 Å². The Kier molecular flexibility index (Phi) is 4.00. The number of hydrogen-bond acceptors (Lipinski definition) is 4. The molecular formula is C15H20N2O2. The number of nitrogens with two attached hydrogens (primary N) is 1. The van der Waals surface area contributed by atoms with Crippen LogP contribution in [0, 0.1) is 5.92 Å². The Morgan fingerprint density at radius 3 is 3.00 bits per heavy atom. The number of carbonyl (C=O) groups is 1. The van der Waals surface area contributed by atoms with Crippen molar-refractivity contribution in [3.63, 3.8) is 0 Å². The standard InChI is InChI=1S/C15H20N2O2/c1-11-4-3-5-13(9-16)15(11,19-2)12-6-7-17-14(8-12)10-18/h6-11H,3-5,16H2,1-2H3/b13-9-. The van der Waals surface area contributed by atoms with Gasteiger partial charge in [-0.3, -0.25) is 9.78 Å². The fourth-order valence-electron chi connectivity index (χ4n) is 3.18. The van der Waals surface area contributed by atoms with Gasteiger partial charge in [0.25, 0.3) is 0 Å². The first-order chi connectivity index (χ1) is 9.18. The van der Waals surface area contributed by atoms with E-state index in [1.54, 1.807) is 25.6 Å². The molecule has 0 aromatic carbocycles. The molecule has 1 aromatic heterocycles. The third kappa shape index (κ3) is 2.16. The summed E-state index contributed by atoms with van der Waals surface area (Å²) in [5.41, 5.74) is 7.72. The summed E-state index contributed by atoms with van der Waals surface area (Å²) in [5, 5.41) is 0. The van der Waals surface area contributed by atoms with Crippen LogP contribution in [0.15, 0.2) is 30.1 Å². The highest BCUT2D eigenvalue weighted by Crippen LogP contribution is 2.47. The van der Waals surface area contributed by atoms with Crippen LogP contribution < -0.4 is 5.73 Å². The lowest BCUT2D eigenvalue weighted by Crippen LogP contribution is -2.41. The van der Waals surface area contributed by atoms with Crippen LogP contribution >= 0.6 is 0 Å². The van der Waals surface area contributed by atoms with E-state index >= 15 is 0 Å². The van der Waals surface area contributed by atoms with E-state index in [0.717, 1.165) is 36.7 Å².